The summed E-state index contributed by atoms with van der Waals surface area (Å²) in [7, 11) is 0. The van der Waals surface area contributed by atoms with Crippen LogP contribution in [0.2, 0.25) is 0 Å². The number of hydrogen-bond acceptors (Lipinski definition) is 3. The Morgan fingerprint density at radius 3 is 2.57 bits per heavy atom. The Hall–Kier alpha value is -2.35. The fourth-order valence-electron chi connectivity index (χ4n) is 1.81. The Morgan fingerprint density at radius 2 is 1.83 bits per heavy atom. The lowest BCUT2D eigenvalue weighted by Gasteiger charge is -2.11. The smallest absolute Gasteiger partial charge is 0.273 e. The Bertz CT molecular complexity index is 731. The highest BCUT2D eigenvalue weighted by Crippen LogP contribution is 2.17. The SMILES string of the molecule is C=CCOc1ccccc1C(=O)NNC(=O)c1cccc(I)c1. The van der Waals surface area contributed by atoms with E-state index in [0.717, 1.165) is 3.57 Å². The molecule has 0 bridgehead atoms. The van der Waals surface area contributed by atoms with Gasteiger partial charge in [0.1, 0.15) is 12.4 Å². The highest BCUT2D eigenvalue weighted by atomic mass is 127. The minimum atomic E-state index is -0.455. The van der Waals surface area contributed by atoms with Crippen molar-refractivity contribution in [2.45, 2.75) is 0 Å². The fourth-order valence-corrected chi connectivity index (χ4v) is 2.35. The zero-order valence-corrected chi connectivity index (χ0v) is 14.4. The van der Waals surface area contributed by atoms with Crippen LogP contribution in [0.25, 0.3) is 0 Å². The number of benzene rings is 2. The maximum Gasteiger partial charge on any atom is 0.273 e. The molecule has 0 aliphatic rings. The maximum absolute atomic E-state index is 12.2. The van der Waals surface area contributed by atoms with Crippen molar-refractivity contribution in [3.05, 3.63) is 75.9 Å². The van der Waals surface area contributed by atoms with E-state index in [9.17, 15) is 9.59 Å². The van der Waals surface area contributed by atoms with E-state index < -0.39 is 5.91 Å². The third-order valence-electron chi connectivity index (χ3n) is 2.86. The van der Waals surface area contributed by atoms with E-state index in [2.05, 4.69) is 40.0 Å². The van der Waals surface area contributed by atoms with E-state index in [1.807, 2.05) is 6.07 Å². The van der Waals surface area contributed by atoms with Crippen LogP contribution >= 0.6 is 22.6 Å². The third-order valence-corrected chi connectivity index (χ3v) is 3.54. The van der Waals surface area contributed by atoms with Gasteiger partial charge in [0.25, 0.3) is 11.8 Å². The maximum atomic E-state index is 12.2. The minimum Gasteiger partial charge on any atom is -0.489 e. The van der Waals surface area contributed by atoms with Gasteiger partial charge in [-0.3, -0.25) is 20.4 Å². The van der Waals surface area contributed by atoms with Crippen LogP contribution in [0.5, 0.6) is 5.75 Å². The van der Waals surface area contributed by atoms with Gasteiger partial charge in [-0.15, -0.1) is 0 Å². The van der Waals surface area contributed by atoms with Crippen molar-refractivity contribution in [3.8, 4) is 5.75 Å². The summed E-state index contributed by atoms with van der Waals surface area (Å²) in [5, 5.41) is 0. The Kier molecular flexibility index (Phi) is 6.16. The van der Waals surface area contributed by atoms with Crippen LogP contribution in [-0.4, -0.2) is 18.4 Å². The molecule has 0 saturated heterocycles. The van der Waals surface area contributed by atoms with E-state index in [0.29, 0.717) is 23.5 Å². The molecule has 2 aromatic carbocycles. The van der Waals surface area contributed by atoms with Gasteiger partial charge in [-0.25, -0.2) is 0 Å². The zero-order valence-electron chi connectivity index (χ0n) is 12.2. The number of hydrogen-bond donors (Lipinski definition) is 2. The van der Waals surface area contributed by atoms with Gasteiger partial charge in [0.2, 0.25) is 0 Å². The van der Waals surface area contributed by atoms with Crippen molar-refractivity contribution in [3.63, 3.8) is 0 Å². The van der Waals surface area contributed by atoms with E-state index in [-0.39, 0.29) is 5.91 Å². The van der Waals surface area contributed by atoms with Crippen LogP contribution in [0.3, 0.4) is 0 Å². The topological polar surface area (TPSA) is 67.4 Å². The van der Waals surface area contributed by atoms with Gasteiger partial charge in [-0.2, -0.15) is 0 Å². The van der Waals surface area contributed by atoms with Gasteiger partial charge in [0.15, 0.2) is 0 Å². The van der Waals surface area contributed by atoms with Crippen LogP contribution in [0.1, 0.15) is 20.7 Å². The van der Waals surface area contributed by atoms with Gasteiger partial charge in [-0.05, 0) is 52.9 Å². The van der Waals surface area contributed by atoms with Gasteiger partial charge in [-0.1, -0.05) is 30.9 Å². The molecule has 118 valence electrons. The van der Waals surface area contributed by atoms with Crippen molar-refractivity contribution < 1.29 is 14.3 Å². The number of rotatable bonds is 5. The summed E-state index contributed by atoms with van der Waals surface area (Å²) >= 11 is 2.12. The lowest BCUT2D eigenvalue weighted by Crippen LogP contribution is -2.41. The third kappa shape index (κ3) is 4.82. The lowest BCUT2D eigenvalue weighted by molar-refractivity contribution is 0.0844. The standard InChI is InChI=1S/C17H15IN2O3/c1-2-10-23-15-9-4-3-8-14(15)17(22)20-19-16(21)12-6-5-7-13(18)11-12/h2-9,11H,1,10H2,(H,19,21)(H,20,22). The molecule has 6 heteroatoms. The molecule has 23 heavy (non-hydrogen) atoms. The number of halogens is 1. The minimum absolute atomic E-state index is 0.291. The predicted molar refractivity (Wildman–Crippen MR) is 96.2 cm³/mol. The summed E-state index contributed by atoms with van der Waals surface area (Å²) < 4.78 is 6.36. The number of carbonyl (C=O) groups is 2. The van der Waals surface area contributed by atoms with Crippen LogP contribution in [0.15, 0.2) is 61.2 Å². The van der Waals surface area contributed by atoms with Crippen molar-refractivity contribution in [1.29, 1.82) is 0 Å². The number of nitrogens with one attached hydrogen (secondary N) is 2. The molecule has 2 amide bonds. The van der Waals surface area contributed by atoms with Gasteiger partial charge in [0.05, 0.1) is 5.56 Å². The molecule has 0 spiro atoms. The Morgan fingerprint density at radius 1 is 1.09 bits per heavy atom. The number of amides is 2. The average Bonchev–Trinajstić information content (AvgIpc) is 2.57. The molecule has 0 radical (unpaired) electrons. The van der Waals surface area contributed by atoms with Crippen LogP contribution in [0.4, 0.5) is 0 Å². The summed E-state index contributed by atoms with van der Waals surface area (Å²) in [6.07, 6.45) is 1.59. The molecule has 0 heterocycles. The predicted octanol–water partition coefficient (Wildman–Crippen LogP) is 2.93. The molecule has 0 fully saturated rings. The van der Waals surface area contributed by atoms with Gasteiger partial charge >= 0.3 is 0 Å². The molecule has 2 aromatic rings. The van der Waals surface area contributed by atoms with Crippen molar-refractivity contribution in [1.82, 2.24) is 10.9 Å². The number of ether oxygens (including phenoxy) is 1. The van der Waals surface area contributed by atoms with Crippen LogP contribution in [-0.2, 0) is 0 Å². The first-order valence-corrected chi connectivity index (χ1v) is 7.88. The van der Waals surface area contributed by atoms with E-state index >= 15 is 0 Å². The summed E-state index contributed by atoms with van der Waals surface area (Å²) in [6.45, 7) is 3.86. The molecule has 5 nitrogen and oxygen atoms in total. The van der Waals surface area contributed by atoms with Gasteiger partial charge in [0, 0.05) is 9.13 Å². The van der Waals surface area contributed by atoms with Gasteiger partial charge < -0.3 is 4.74 Å². The molecule has 0 aliphatic carbocycles. The lowest BCUT2D eigenvalue weighted by atomic mass is 10.2. The van der Waals surface area contributed by atoms with E-state index in [4.69, 9.17) is 4.74 Å². The molecule has 0 aromatic heterocycles. The molecule has 0 saturated carbocycles. The number of hydrazine groups is 1. The second-order valence-electron chi connectivity index (χ2n) is 4.51. The second kappa shape index (κ2) is 8.33. The van der Waals surface area contributed by atoms with Crippen LogP contribution in [0, 0.1) is 3.57 Å². The monoisotopic (exact) mass is 422 g/mol. The summed E-state index contributed by atoms with van der Waals surface area (Å²) in [6, 6.07) is 13.8. The van der Waals surface area contributed by atoms with Crippen LogP contribution < -0.4 is 15.6 Å². The fraction of sp³-hybridized carbons (Fsp3) is 0.0588. The zero-order chi connectivity index (χ0) is 16.7. The first kappa shape index (κ1) is 17.0. The Labute approximate surface area is 147 Å². The second-order valence-corrected chi connectivity index (χ2v) is 5.76. The molecule has 2 rings (SSSR count). The highest BCUT2D eigenvalue weighted by Gasteiger charge is 2.13. The largest absolute Gasteiger partial charge is 0.489 e. The first-order chi connectivity index (χ1) is 11.1. The first-order valence-electron chi connectivity index (χ1n) is 6.81. The average molecular weight is 422 g/mol. The van der Waals surface area contributed by atoms with Crippen molar-refractivity contribution >= 4 is 34.4 Å². The normalized spacial score (nSPS) is 9.78. The van der Waals surface area contributed by atoms with E-state index in [1.165, 1.54) is 0 Å². The van der Waals surface area contributed by atoms with Crippen molar-refractivity contribution in [2.24, 2.45) is 0 Å². The van der Waals surface area contributed by atoms with E-state index in [1.54, 1.807) is 48.5 Å². The molecule has 0 unspecified atom stereocenters. The van der Waals surface area contributed by atoms with Crippen molar-refractivity contribution in [2.75, 3.05) is 6.61 Å². The quantitative estimate of drug-likeness (QED) is 0.443. The Balaban J connectivity index is 2.02. The molecule has 0 atom stereocenters. The number of carbonyl (C=O) groups excluding carboxylic acids is 2. The summed E-state index contributed by atoms with van der Waals surface area (Å²) in [5.41, 5.74) is 5.57. The summed E-state index contributed by atoms with van der Waals surface area (Å²) in [4.78, 5) is 24.2. The number of para-hydroxylation sites is 1. The molecule has 2 N–H and O–H groups in total. The molecular formula is C17H15IN2O3. The molecule has 0 aliphatic heterocycles. The highest BCUT2D eigenvalue weighted by molar-refractivity contribution is 14.1. The summed E-state index contributed by atoms with van der Waals surface area (Å²) in [5.74, 6) is -0.418. The molecular weight excluding hydrogens is 407 g/mol.